The molecule has 0 bridgehead atoms. The normalized spacial score (nSPS) is 24.6. The number of imide groups is 1. The van der Waals surface area contributed by atoms with Gasteiger partial charge < -0.3 is 19.1 Å². The first kappa shape index (κ1) is 26.6. The molecule has 2 atom stereocenters. The molecular weight excluding hydrogens is 491 g/mol. The second kappa shape index (κ2) is 9.65. The molecule has 1 unspecified atom stereocenters. The quantitative estimate of drug-likeness (QED) is 0.476. The van der Waals surface area contributed by atoms with Gasteiger partial charge in [-0.3, -0.25) is 14.9 Å². The van der Waals surface area contributed by atoms with Gasteiger partial charge in [0, 0.05) is 32.6 Å². The number of carbonyl (C=O) groups is 2. The molecule has 5 rings (SSSR count). The van der Waals surface area contributed by atoms with Gasteiger partial charge in [-0.25, -0.2) is 8.78 Å². The Labute approximate surface area is 222 Å². The van der Waals surface area contributed by atoms with E-state index in [1.807, 2.05) is 50.6 Å². The topological polar surface area (TPSA) is 71.1 Å². The maximum Gasteiger partial charge on any atom is 0.494 e. The third kappa shape index (κ3) is 4.80. The van der Waals surface area contributed by atoms with Crippen LogP contribution in [-0.2, 0) is 18.9 Å². The van der Waals surface area contributed by atoms with Crippen molar-refractivity contribution >= 4 is 35.8 Å². The van der Waals surface area contributed by atoms with Crippen LogP contribution in [0.5, 0.6) is 0 Å². The minimum atomic E-state index is -0.632. The van der Waals surface area contributed by atoms with E-state index in [1.165, 1.54) is 12.1 Å². The first-order valence-corrected chi connectivity index (χ1v) is 13.1. The molecule has 7 nitrogen and oxygen atoms in total. The predicted octanol–water partition coefficient (Wildman–Crippen LogP) is 3.50. The molecule has 3 aliphatic heterocycles. The van der Waals surface area contributed by atoms with Crippen LogP contribution in [0.25, 0.3) is 0 Å². The summed E-state index contributed by atoms with van der Waals surface area (Å²) in [6.45, 7) is 9.02. The Bertz CT molecular complexity index is 1250. The first-order valence-electron chi connectivity index (χ1n) is 13.1. The molecule has 2 aromatic rings. The number of anilines is 2. The summed E-state index contributed by atoms with van der Waals surface area (Å²) in [6.07, 6.45) is 1.35. The summed E-state index contributed by atoms with van der Waals surface area (Å²) in [6, 6.07) is 9.85. The highest BCUT2D eigenvalue weighted by Crippen LogP contribution is 2.37. The number of benzene rings is 2. The molecule has 3 fully saturated rings. The lowest BCUT2D eigenvalue weighted by Crippen LogP contribution is -2.41. The van der Waals surface area contributed by atoms with Crippen molar-refractivity contribution in [2.75, 3.05) is 29.9 Å². The number of halogens is 2. The Balaban J connectivity index is 1.26. The van der Waals surface area contributed by atoms with E-state index in [1.54, 1.807) is 18.2 Å². The van der Waals surface area contributed by atoms with E-state index in [2.05, 4.69) is 5.32 Å². The van der Waals surface area contributed by atoms with Crippen LogP contribution in [-0.4, -0.2) is 56.3 Å². The van der Waals surface area contributed by atoms with E-state index in [4.69, 9.17) is 9.31 Å². The van der Waals surface area contributed by atoms with Gasteiger partial charge in [0.25, 0.3) is 0 Å². The fourth-order valence-electron chi connectivity index (χ4n) is 5.42. The first-order chi connectivity index (χ1) is 17.9. The lowest BCUT2D eigenvalue weighted by Gasteiger charge is -2.32. The second-order valence-corrected chi connectivity index (χ2v) is 11.5. The van der Waals surface area contributed by atoms with E-state index in [0.29, 0.717) is 41.9 Å². The van der Waals surface area contributed by atoms with Crippen LogP contribution in [0.3, 0.4) is 0 Å². The third-order valence-electron chi connectivity index (χ3n) is 8.54. The number of hydrogen-bond acceptors (Lipinski definition) is 6. The molecule has 0 spiro atoms. The lowest BCUT2D eigenvalue weighted by atomic mass is 9.79. The van der Waals surface area contributed by atoms with Crippen LogP contribution < -0.4 is 20.6 Å². The average molecular weight is 525 g/mol. The largest absolute Gasteiger partial charge is 0.494 e. The van der Waals surface area contributed by atoms with Crippen molar-refractivity contribution in [3.8, 4) is 0 Å². The zero-order valence-electron chi connectivity index (χ0n) is 22.5. The minimum absolute atomic E-state index is 0.0203. The van der Waals surface area contributed by atoms with Gasteiger partial charge >= 0.3 is 7.12 Å². The SMILES string of the molecule is CN(c1ccc(C2CCC(=O)NC2=O)cc1F)[C@H]1CCN(c2ccc(B3OC(C)(C)C(C)(C)O3)cc2F)C1. The van der Waals surface area contributed by atoms with Crippen LogP contribution in [0.1, 0.15) is 58.4 Å². The molecule has 2 amide bonds. The predicted molar refractivity (Wildman–Crippen MR) is 143 cm³/mol. The Hall–Kier alpha value is -2.98. The molecular formula is C28H34BF2N3O4. The molecule has 202 valence electrons. The molecule has 3 aliphatic rings. The molecule has 0 aromatic heterocycles. The molecule has 10 heteroatoms. The molecule has 0 radical (unpaired) electrons. The monoisotopic (exact) mass is 525 g/mol. The number of hydrogen-bond donors (Lipinski definition) is 1. The Morgan fingerprint density at radius 2 is 1.71 bits per heavy atom. The number of piperidine rings is 1. The number of amides is 2. The summed E-state index contributed by atoms with van der Waals surface area (Å²) in [5.41, 5.74) is 1.10. The molecule has 2 aromatic carbocycles. The summed E-state index contributed by atoms with van der Waals surface area (Å²) in [5.74, 6) is -1.99. The van der Waals surface area contributed by atoms with E-state index >= 15 is 8.78 Å². The minimum Gasteiger partial charge on any atom is -0.399 e. The van der Waals surface area contributed by atoms with Gasteiger partial charge in [-0.2, -0.15) is 0 Å². The molecule has 1 N–H and O–H groups in total. The van der Waals surface area contributed by atoms with Gasteiger partial charge in [0.1, 0.15) is 11.6 Å². The zero-order valence-corrected chi connectivity index (χ0v) is 22.5. The van der Waals surface area contributed by atoms with Crippen molar-refractivity contribution in [1.29, 1.82) is 0 Å². The van der Waals surface area contributed by atoms with Gasteiger partial charge in [0.05, 0.1) is 28.5 Å². The third-order valence-corrected chi connectivity index (χ3v) is 8.54. The molecule has 3 heterocycles. The molecule has 38 heavy (non-hydrogen) atoms. The number of nitrogens with one attached hydrogen (secondary N) is 1. The van der Waals surface area contributed by atoms with Gasteiger partial charge in [-0.15, -0.1) is 0 Å². The number of rotatable bonds is 5. The Kier molecular flexibility index (Phi) is 6.76. The summed E-state index contributed by atoms with van der Waals surface area (Å²) < 4.78 is 42.5. The Morgan fingerprint density at radius 3 is 2.34 bits per heavy atom. The highest BCUT2D eigenvalue weighted by atomic mass is 19.1. The van der Waals surface area contributed by atoms with Crippen LogP contribution in [0.2, 0.25) is 0 Å². The smallest absolute Gasteiger partial charge is 0.399 e. The summed E-state index contributed by atoms with van der Waals surface area (Å²) in [5, 5.41) is 2.32. The van der Waals surface area contributed by atoms with Crippen LogP contribution in [0.15, 0.2) is 36.4 Å². The van der Waals surface area contributed by atoms with Gasteiger partial charge in [0.2, 0.25) is 11.8 Å². The zero-order chi connectivity index (χ0) is 27.4. The summed E-state index contributed by atoms with van der Waals surface area (Å²) in [7, 11) is 1.20. The number of likely N-dealkylation sites (N-methyl/N-ethyl adjacent to an activating group) is 1. The molecule has 0 saturated carbocycles. The summed E-state index contributed by atoms with van der Waals surface area (Å²) >= 11 is 0. The standard InChI is InChI=1S/C28H34BF2N3O4/c1-27(2)28(3,4)38-29(37-27)18-7-10-24(22(31)15-18)34-13-12-19(16-34)33(5)23-9-6-17(14-21(23)30)20-8-11-25(35)32-26(20)36/h6-7,9-10,14-15,19-20H,8,11-13,16H2,1-5H3,(H,32,35,36)/t19-,20?/m0/s1. The van der Waals surface area contributed by atoms with E-state index in [9.17, 15) is 9.59 Å². The van der Waals surface area contributed by atoms with Crippen molar-refractivity contribution < 1.29 is 27.7 Å². The van der Waals surface area contributed by atoms with Gasteiger partial charge in [0.15, 0.2) is 0 Å². The fraction of sp³-hybridized carbons (Fsp3) is 0.500. The molecule has 3 saturated heterocycles. The van der Waals surface area contributed by atoms with Gasteiger partial charge in [-0.05, 0) is 75.8 Å². The highest BCUT2D eigenvalue weighted by Gasteiger charge is 2.51. The van der Waals surface area contributed by atoms with E-state index < -0.39 is 30.1 Å². The van der Waals surface area contributed by atoms with Crippen LogP contribution in [0, 0.1) is 11.6 Å². The summed E-state index contributed by atoms with van der Waals surface area (Å²) in [4.78, 5) is 27.5. The van der Waals surface area contributed by atoms with Gasteiger partial charge in [-0.1, -0.05) is 12.1 Å². The maximum absolute atomic E-state index is 15.3. The van der Waals surface area contributed by atoms with Crippen molar-refractivity contribution in [2.45, 2.75) is 70.1 Å². The van der Waals surface area contributed by atoms with Crippen molar-refractivity contribution in [3.63, 3.8) is 0 Å². The molecule has 0 aliphatic carbocycles. The Morgan fingerprint density at radius 1 is 1.00 bits per heavy atom. The van der Waals surface area contributed by atoms with E-state index in [-0.39, 0.29) is 30.1 Å². The number of carbonyl (C=O) groups excluding carboxylic acids is 2. The fourth-order valence-corrected chi connectivity index (χ4v) is 5.42. The van der Waals surface area contributed by atoms with Crippen molar-refractivity contribution in [2.24, 2.45) is 0 Å². The van der Waals surface area contributed by atoms with Crippen molar-refractivity contribution in [3.05, 3.63) is 53.6 Å². The second-order valence-electron chi connectivity index (χ2n) is 11.5. The van der Waals surface area contributed by atoms with Crippen LogP contribution >= 0.6 is 0 Å². The lowest BCUT2D eigenvalue weighted by molar-refractivity contribution is -0.134. The van der Waals surface area contributed by atoms with Crippen LogP contribution in [0.4, 0.5) is 20.2 Å². The number of nitrogens with zero attached hydrogens (tertiary/aromatic N) is 2. The highest BCUT2D eigenvalue weighted by molar-refractivity contribution is 6.62. The van der Waals surface area contributed by atoms with E-state index in [0.717, 1.165) is 6.42 Å². The van der Waals surface area contributed by atoms with Crippen molar-refractivity contribution in [1.82, 2.24) is 5.32 Å². The maximum atomic E-state index is 15.3. The average Bonchev–Trinajstić information content (AvgIpc) is 3.40.